The number of rotatable bonds is 5. The molecule has 1 atom stereocenters. The third-order valence-corrected chi connectivity index (χ3v) is 6.86. The second kappa shape index (κ2) is 6.59. The lowest BCUT2D eigenvalue weighted by Gasteiger charge is -2.17. The number of carbonyl (C=O) groups is 4. The maximum Gasteiger partial charge on any atom is 0.334 e. The van der Waals surface area contributed by atoms with Crippen molar-refractivity contribution in [1.29, 1.82) is 0 Å². The van der Waals surface area contributed by atoms with Gasteiger partial charge >= 0.3 is 17.8 Å². The average Bonchev–Trinajstić information content (AvgIpc) is 3.16. The Hall–Kier alpha value is -2.49. The standard InChI is InChI=1S/C17H21N3O6S/c1-4-18-15(22)16(23)19(17(18)24)8-14(21)13-7-10(2)20(11(13)3)12-5-6-27(25,26)9-12/h7,12H,4-6,8-9H2,1-3H3/t12-/m1/s1. The summed E-state index contributed by atoms with van der Waals surface area (Å²) in [7, 11) is -3.08. The normalized spacial score (nSPS) is 22.2. The Bertz CT molecular complexity index is 962. The van der Waals surface area contributed by atoms with Crippen LogP contribution in [0.15, 0.2) is 6.07 Å². The van der Waals surface area contributed by atoms with Crippen molar-refractivity contribution in [3.63, 3.8) is 0 Å². The van der Waals surface area contributed by atoms with Crippen LogP contribution in [0.3, 0.4) is 0 Å². The van der Waals surface area contributed by atoms with Gasteiger partial charge in [-0.1, -0.05) is 0 Å². The van der Waals surface area contributed by atoms with E-state index in [0.717, 1.165) is 10.6 Å². The minimum atomic E-state index is -3.08. The molecule has 3 rings (SSSR count). The predicted octanol–water partition coefficient (Wildman–Crippen LogP) is 0.458. The molecule has 1 aromatic rings. The first-order chi connectivity index (χ1) is 12.6. The second-order valence-electron chi connectivity index (χ2n) is 6.86. The molecule has 3 heterocycles. The Morgan fingerprint density at radius 3 is 2.30 bits per heavy atom. The summed E-state index contributed by atoms with van der Waals surface area (Å²) in [6.45, 7) is 4.59. The van der Waals surface area contributed by atoms with Gasteiger partial charge in [-0.25, -0.2) is 18.1 Å². The fraction of sp³-hybridized carbons (Fsp3) is 0.529. The minimum absolute atomic E-state index is 0.0278. The topological polar surface area (TPSA) is 114 Å². The van der Waals surface area contributed by atoms with Crippen LogP contribution in [0.4, 0.5) is 4.79 Å². The molecule has 0 bridgehead atoms. The van der Waals surface area contributed by atoms with Crippen LogP contribution in [-0.4, -0.2) is 71.0 Å². The number of amides is 4. The lowest BCUT2D eigenvalue weighted by molar-refractivity contribution is -0.143. The van der Waals surface area contributed by atoms with Crippen molar-refractivity contribution >= 4 is 33.5 Å². The van der Waals surface area contributed by atoms with E-state index in [1.165, 1.54) is 0 Å². The molecular weight excluding hydrogens is 374 g/mol. The molecule has 0 aromatic carbocycles. The number of likely N-dealkylation sites (N-methyl/N-ethyl adjacent to an activating group) is 1. The van der Waals surface area contributed by atoms with E-state index in [-0.39, 0.29) is 24.1 Å². The van der Waals surface area contributed by atoms with Crippen molar-refractivity contribution in [3.05, 3.63) is 23.0 Å². The summed E-state index contributed by atoms with van der Waals surface area (Å²) < 4.78 is 25.4. The van der Waals surface area contributed by atoms with Gasteiger partial charge in [0.05, 0.1) is 18.1 Å². The molecule has 9 nitrogen and oxygen atoms in total. The number of ketones is 1. The van der Waals surface area contributed by atoms with Crippen molar-refractivity contribution in [2.45, 2.75) is 33.2 Å². The number of carbonyl (C=O) groups excluding carboxylic acids is 4. The SMILES string of the molecule is CCN1C(=O)C(=O)N(CC(=O)c2cc(C)n([C@@H]3CCS(=O)(=O)C3)c2C)C1=O. The zero-order valence-electron chi connectivity index (χ0n) is 15.4. The number of urea groups is 1. The highest BCUT2D eigenvalue weighted by atomic mass is 32.2. The number of Topliss-reactive ketones (excluding diaryl/α,β-unsaturated/α-hetero) is 1. The van der Waals surface area contributed by atoms with E-state index in [4.69, 9.17) is 0 Å². The van der Waals surface area contributed by atoms with Gasteiger partial charge in [0, 0.05) is 29.5 Å². The number of nitrogens with zero attached hydrogens (tertiary/aromatic N) is 3. The molecule has 0 N–H and O–H groups in total. The van der Waals surface area contributed by atoms with Crippen molar-refractivity contribution in [2.24, 2.45) is 0 Å². The summed E-state index contributed by atoms with van der Waals surface area (Å²) in [5.74, 6) is -2.27. The lowest BCUT2D eigenvalue weighted by Crippen LogP contribution is -2.37. The molecule has 2 aliphatic heterocycles. The van der Waals surface area contributed by atoms with Gasteiger partial charge in [-0.15, -0.1) is 0 Å². The zero-order chi connectivity index (χ0) is 20.1. The Labute approximate surface area is 156 Å². The first-order valence-corrected chi connectivity index (χ1v) is 10.5. The van der Waals surface area contributed by atoms with Gasteiger partial charge in [0.15, 0.2) is 15.6 Å². The molecule has 2 fully saturated rings. The summed E-state index contributed by atoms with van der Waals surface area (Å²) in [5.41, 5.74) is 1.65. The Balaban J connectivity index is 1.85. The van der Waals surface area contributed by atoms with E-state index in [0.29, 0.717) is 22.6 Å². The summed E-state index contributed by atoms with van der Waals surface area (Å²) in [5, 5.41) is 0. The molecule has 27 heavy (non-hydrogen) atoms. The monoisotopic (exact) mass is 395 g/mol. The van der Waals surface area contributed by atoms with E-state index >= 15 is 0 Å². The molecule has 2 aliphatic rings. The Kier molecular flexibility index (Phi) is 4.71. The maximum absolute atomic E-state index is 12.7. The number of aromatic nitrogens is 1. The number of hydrogen-bond acceptors (Lipinski definition) is 6. The molecule has 0 saturated carbocycles. The fourth-order valence-electron chi connectivity index (χ4n) is 3.80. The van der Waals surface area contributed by atoms with Crippen molar-refractivity contribution in [3.8, 4) is 0 Å². The van der Waals surface area contributed by atoms with E-state index in [9.17, 15) is 27.6 Å². The van der Waals surface area contributed by atoms with Gasteiger partial charge in [-0.3, -0.25) is 19.3 Å². The van der Waals surface area contributed by atoms with E-state index < -0.39 is 40.0 Å². The Morgan fingerprint density at radius 1 is 1.15 bits per heavy atom. The van der Waals surface area contributed by atoms with Gasteiger partial charge in [0.25, 0.3) is 0 Å². The van der Waals surface area contributed by atoms with Crippen molar-refractivity contribution < 1.29 is 27.6 Å². The average molecular weight is 395 g/mol. The van der Waals surface area contributed by atoms with Crippen LogP contribution in [0.2, 0.25) is 0 Å². The van der Waals surface area contributed by atoms with Crippen LogP contribution in [0.5, 0.6) is 0 Å². The number of aryl methyl sites for hydroxylation is 1. The maximum atomic E-state index is 12.7. The van der Waals surface area contributed by atoms with E-state index in [2.05, 4.69) is 0 Å². The second-order valence-corrected chi connectivity index (χ2v) is 9.09. The molecule has 4 amide bonds. The summed E-state index contributed by atoms with van der Waals surface area (Å²) in [4.78, 5) is 50.1. The van der Waals surface area contributed by atoms with E-state index in [1.54, 1.807) is 26.8 Å². The molecule has 2 saturated heterocycles. The third kappa shape index (κ3) is 3.18. The van der Waals surface area contributed by atoms with Crippen LogP contribution in [0.1, 0.15) is 41.1 Å². The van der Waals surface area contributed by atoms with Gasteiger partial charge in [0.2, 0.25) is 0 Å². The largest absolute Gasteiger partial charge is 0.344 e. The van der Waals surface area contributed by atoms with Gasteiger partial charge in [-0.05, 0) is 33.3 Å². The molecule has 0 spiro atoms. The summed E-state index contributed by atoms with van der Waals surface area (Å²) in [6, 6.07) is 0.604. The zero-order valence-corrected chi connectivity index (χ0v) is 16.2. The highest BCUT2D eigenvalue weighted by molar-refractivity contribution is 7.91. The third-order valence-electron chi connectivity index (χ3n) is 5.11. The van der Waals surface area contributed by atoms with Crippen LogP contribution in [0, 0.1) is 13.8 Å². The minimum Gasteiger partial charge on any atom is -0.344 e. The lowest BCUT2D eigenvalue weighted by atomic mass is 10.1. The quantitative estimate of drug-likeness (QED) is 0.406. The molecular formula is C17H21N3O6S. The van der Waals surface area contributed by atoms with Crippen LogP contribution in [0.25, 0.3) is 0 Å². The molecule has 1 aromatic heterocycles. The first-order valence-electron chi connectivity index (χ1n) is 8.66. The van der Waals surface area contributed by atoms with Gasteiger partial charge in [-0.2, -0.15) is 0 Å². The smallest absolute Gasteiger partial charge is 0.334 e. The van der Waals surface area contributed by atoms with Crippen molar-refractivity contribution in [2.75, 3.05) is 24.6 Å². The highest BCUT2D eigenvalue weighted by Gasteiger charge is 2.44. The molecule has 0 unspecified atom stereocenters. The van der Waals surface area contributed by atoms with Crippen LogP contribution < -0.4 is 0 Å². The summed E-state index contributed by atoms with van der Waals surface area (Å²) in [6.07, 6.45) is 0.482. The predicted molar refractivity (Wildman–Crippen MR) is 95.0 cm³/mol. The molecule has 0 radical (unpaired) electrons. The molecule has 0 aliphatic carbocycles. The molecule has 10 heteroatoms. The number of sulfone groups is 1. The van der Waals surface area contributed by atoms with Gasteiger partial charge < -0.3 is 4.57 Å². The van der Waals surface area contributed by atoms with Crippen molar-refractivity contribution in [1.82, 2.24) is 14.4 Å². The highest BCUT2D eigenvalue weighted by Crippen LogP contribution is 2.29. The van der Waals surface area contributed by atoms with Crippen LogP contribution >= 0.6 is 0 Å². The van der Waals surface area contributed by atoms with E-state index in [1.807, 2.05) is 4.57 Å². The molecule has 146 valence electrons. The fourth-order valence-corrected chi connectivity index (χ4v) is 5.50. The first kappa shape index (κ1) is 19.3. The number of imide groups is 2. The van der Waals surface area contributed by atoms with Gasteiger partial charge in [0.1, 0.15) is 0 Å². The van der Waals surface area contributed by atoms with Crippen LogP contribution in [-0.2, 0) is 19.4 Å². The number of hydrogen-bond donors (Lipinski definition) is 0. The summed E-state index contributed by atoms with van der Waals surface area (Å²) >= 11 is 0. The Morgan fingerprint density at radius 2 is 1.78 bits per heavy atom.